The summed E-state index contributed by atoms with van der Waals surface area (Å²) in [7, 11) is 1.67. The number of hydrogen-bond acceptors (Lipinski definition) is 4. The van der Waals surface area contributed by atoms with Crippen LogP contribution in [0.1, 0.15) is 16.5 Å². The van der Waals surface area contributed by atoms with Crippen molar-refractivity contribution in [1.29, 1.82) is 0 Å². The molecule has 0 aliphatic carbocycles. The fraction of sp³-hybridized carbons (Fsp3) is 0.421. The highest BCUT2D eigenvalue weighted by molar-refractivity contribution is 7.80. The molecule has 5 nitrogen and oxygen atoms in total. The summed E-state index contributed by atoms with van der Waals surface area (Å²) in [6.07, 6.45) is 0. The van der Waals surface area contributed by atoms with Crippen LogP contribution in [-0.4, -0.2) is 45.1 Å². The van der Waals surface area contributed by atoms with Crippen molar-refractivity contribution in [1.82, 2.24) is 10.6 Å². The van der Waals surface area contributed by atoms with Crippen LogP contribution in [0.2, 0.25) is 0 Å². The van der Waals surface area contributed by atoms with E-state index in [-0.39, 0.29) is 0 Å². The number of rotatable bonds is 7. The molecule has 26 heavy (non-hydrogen) atoms. The molecule has 1 aliphatic rings. The van der Waals surface area contributed by atoms with Crippen LogP contribution in [-0.2, 0) is 11.3 Å². The van der Waals surface area contributed by atoms with Gasteiger partial charge in [0.2, 0.25) is 0 Å². The third-order valence-corrected chi connectivity index (χ3v) is 5.87. The topological polar surface area (TPSA) is 47.0 Å². The average Bonchev–Trinajstić information content (AvgIpc) is 3.22. The van der Waals surface area contributed by atoms with Crippen molar-refractivity contribution in [2.75, 3.05) is 40.0 Å². The molecule has 0 unspecified atom stereocenters. The highest BCUT2D eigenvalue weighted by Gasteiger charge is 2.27. The van der Waals surface area contributed by atoms with Gasteiger partial charge in [0.25, 0.3) is 0 Å². The molecule has 0 radical (unpaired) electrons. The Kier molecular flexibility index (Phi) is 7.25. The Morgan fingerprint density at radius 2 is 2.00 bits per heavy atom. The van der Waals surface area contributed by atoms with Crippen molar-refractivity contribution in [3.63, 3.8) is 0 Å². The maximum Gasteiger partial charge on any atom is 0.166 e. The smallest absolute Gasteiger partial charge is 0.166 e. The molecule has 1 saturated heterocycles. The molecule has 3 rings (SSSR count). The predicted molar refractivity (Wildman–Crippen MR) is 109 cm³/mol. The van der Waals surface area contributed by atoms with Crippen LogP contribution >= 0.6 is 23.6 Å². The normalized spacial score (nSPS) is 16.0. The van der Waals surface area contributed by atoms with Gasteiger partial charge >= 0.3 is 0 Å². The summed E-state index contributed by atoms with van der Waals surface area (Å²) in [5.41, 5.74) is 1.17. The van der Waals surface area contributed by atoms with Crippen LogP contribution < -0.4 is 20.3 Å². The first-order chi connectivity index (χ1) is 12.8. The van der Waals surface area contributed by atoms with E-state index in [1.165, 1.54) is 10.4 Å². The minimum absolute atomic E-state index is 0.402. The van der Waals surface area contributed by atoms with E-state index in [0.29, 0.717) is 17.7 Å². The Hall–Kier alpha value is -1.67. The third-order valence-electron chi connectivity index (χ3n) is 4.59. The molecule has 2 heterocycles. The average molecular weight is 393 g/mol. The van der Waals surface area contributed by atoms with Crippen molar-refractivity contribution < 1.29 is 14.4 Å². The number of quaternary nitrogens is 1. The number of thiophene rings is 1. The lowest BCUT2D eigenvalue weighted by Crippen LogP contribution is -3.15. The van der Waals surface area contributed by atoms with Gasteiger partial charge in [0.05, 0.1) is 31.7 Å². The molecule has 1 aromatic carbocycles. The summed E-state index contributed by atoms with van der Waals surface area (Å²) in [6.45, 7) is 5.26. The number of thiocarbonyl (C=S) groups is 1. The molecule has 1 aromatic heterocycles. The Balaban J connectivity index is 1.50. The van der Waals surface area contributed by atoms with E-state index in [0.717, 1.165) is 38.6 Å². The summed E-state index contributed by atoms with van der Waals surface area (Å²) in [6, 6.07) is 12.7. The van der Waals surface area contributed by atoms with Gasteiger partial charge in [0.15, 0.2) is 5.11 Å². The molecular weight excluding hydrogens is 366 g/mol. The van der Waals surface area contributed by atoms with Gasteiger partial charge in [-0.25, -0.2) is 0 Å². The molecule has 1 fully saturated rings. The zero-order valence-electron chi connectivity index (χ0n) is 15.0. The molecule has 0 amide bonds. The summed E-state index contributed by atoms with van der Waals surface area (Å²) in [5, 5.41) is 9.52. The molecule has 1 aliphatic heterocycles. The largest absolute Gasteiger partial charge is 0.497 e. The zero-order chi connectivity index (χ0) is 18.2. The molecule has 2 aromatic rings. The zero-order valence-corrected chi connectivity index (χ0v) is 16.6. The quantitative estimate of drug-likeness (QED) is 0.622. The maximum atomic E-state index is 5.51. The SMILES string of the molecule is COc1ccc(CNC(=S)NC[C@@H](c2cccs2)[NH+]2CCOCC2)cc1. The predicted octanol–water partition coefficient (Wildman–Crippen LogP) is 1.38. The summed E-state index contributed by atoms with van der Waals surface area (Å²) >= 11 is 7.29. The van der Waals surface area contributed by atoms with Crippen molar-refractivity contribution >= 4 is 28.7 Å². The van der Waals surface area contributed by atoms with Crippen LogP contribution in [0, 0.1) is 0 Å². The van der Waals surface area contributed by atoms with E-state index in [2.05, 4.69) is 28.1 Å². The first kappa shape index (κ1) is 19.1. The second kappa shape index (κ2) is 9.87. The van der Waals surface area contributed by atoms with E-state index >= 15 is 0 Å². The second-order valence-corrected chi connectivity index (χ2v) is 7.64. The van der Waals surface area contributed by atoms with E-state index in [1.807, 2.05) is 35.6 Å². The molecular formula is C19H26N3O2S2+. The number of ether oxygens (including phenoxy) is 2. The minimum Gasteiger partial charge on any atom is -0.497 e. The van der Waals surface area contributed by atoms with E-state index in [1.54, 1.807) is 12.0 Å². The monoisotopic (exact) mass is 392 g/mol. The molecule has 7 heteroatoms. The molecule has 140 valence electrons. The molecule has 0 saturated carbocycles. The van der Waals surface area contributed by atoms with Crippen LogP contribution in [0.15, 0.2) is 41.8 Å². The van der Waals surface area contributed by atoms with Gasteiger partial charge < -0.3 is 25.0 Å². The van der Waals surface area contributed by atoms with Gasteiger partial charge in [0, 0.05) is 6.54 Å². The molecule has 0 bridgehead atoms. The van der Waals surface area contributed by atoms with Gasteiger partial charge in [-0.15, -0.1) is 11.3 Å². The summed E-state index contributed by atoms with van der Waals surface area (Å²) in [4.78, 5) is 2.96. The number of hydrogen-bond donors (Lipinski definition) is 3. The lowest BCUT2D eigenvalue weighted by Gasteiger charge is -2.31. The number of morpholine rings is 1. The van der Waals surface area contributed by atoms with Crippen molar-refractivity contribution in [2.45, 2.75) is 12.6 Å². The van der Waals surface area contributed by atoms with Gasteiger partial charge in [0.1, 0.15) is 24.9 Å². The van der Waals surface area contributed by atoms with Gasteiger partial charge in [-0.3, -0.25) is 0 Å². The van der Waals surface area contributed by atoms with Gasteiger partial charge in [-0.1, -0.05) is 18.2 Å². The van der Waals surface area contributed by atoms with Crippen molar-refractivity contribution in [3.05, 3.63) is 52.2 Å². The first-order valence-corrected chi connectivity index (χ1v) is 10.2. The number of benzene rings is 1. The van der Waals surface area contributed by atoms with Crippen LogP contribution in [0.25, 0.3) is 0 Å². The maximum absolute atomic E-state index is 5.51. The third kappa shape index (κ3) is 5.41. The summed E-state index contributed by atoms with van der Waals surface area (Å²) in [5.74, 6) is 0.863. The Bertz CT molecular complexity index is 671. The molecule has 1 atom stereocenters. The fourth-order valence-corrected chi connectivity index (χ4v) is 4.14. The van der Waals surface area contributed by atoms with E-state index in [4.69, 9.17) is 21.7 Å². The van der Waals surface area contributed by atoms with E-state index < -0.39 is 0 Å². The minimum atomic E-state index is 0.402. The summed E-state index contributed by atoms with van der Waals surface area (Å²) < 4.78 is 10.7. The lowest BCUT2D eigenvalue weighted by atomic mass is 10.2. The Morgan fingerprint density at radius 3 is 2.65 bits per heavy atom. The Labute approximate surface area is 164 Å². The standard InChI is InChI=1S/C19H25N3O2S2/c1-23-16-6-4-15(5-7-16)13-20-19(25)21-14-17(18-3-2-12-26-18)22-8-10-24-11-9-22/h2-7,12,17H,8-11,13-14H2,1H3,(H2,20,21,25)/p+1/t17-/m0/s1. The van der Waals surface area contributed by atoms with Crippen molar-refractivity contribution in [3.8, 4) is 5.75 Å². The molecule has 0 spiro atoms. The van der Waals surface area contributed by atoms with Crippen LogP contribution in [0.4, 0.5) is 0 Å². The Morgan fingerprint density at radius 1 is 1.23 bits per heavy atom. The van der Waals surface area contributed by atoms with E-state index in [9.17, 15) is 0 Å². The van der Waals surface area contributed by atoms with Crippen molar-refractivity contribution in [2.24, 2.45) is 0 Å². The number of methoxy groups -OCH3 is 1. The van der Waals surface area contributed by atoms with Crippen LogP contribution in [0.5, 0.6) is 5.75 Å². The van der Waals surface area contributed by atoms with Gasteiger partial charge in [-0.05, 0) is 41.4 Å². The second-order valence-electron chi connectivity index (χ2n) is 6.25. The highest BCUT2D eigenvalue weighted by atomic mass is 32.1. The van der Waals surface area contributed by atoms with Gasteiger partial charge in [-0.2, -0.15) is 0 Å². The molecule has 3 N–H and O–H groups in total. The lowest BCUT2D eigenvalue weighted by molar-refractivity contribution is -0.937. The fourth-order valence-electron chi connectivity index (χ4n) is 3.10. The highest BCUT2D eigenvalue weighted by Crippen LogP contribution is 2.16. The first-order valence-electron chi connectivity index (χ1n) is 8.86. The number of nitrogens with one attached hydrogen (secondary N) is 3. The van der Waals surface area contributed by atoms with Crippen LogP contribution in [0.3, 0.4) is 0 Å².